The molecule has 1 amide bonds. The van der Waals surface area contributed by atoms with Gasteiger partial charge in [-0.15, -0.1) is 0 Å². The summed E-state index contributed by atoms with van der Waals surface area (Å²) in [5, 5.41) is 10.9. The molecule has 0 bridgehead atoms. The summed E-state index contributed by atoms with van der Waals surface area (Å²) in [7, 11) is -3.54. The summed E-state index contributed by atoms with van der Waals surface area (Å²) in [4.78, 5) is 14.7. The molecule has 0 saturated heterocycles. The molecule has 2 aromatic carbocycles. The van der Waals surface area contributed by atoms with E-state index >= 15 is 0 Å². The van der Waals surface area contributed by atoms with Crippen molar-refractivity contribution in [3.63, 3.8) is 0 Å². The maximum absolute atomic E-state index is 13.6. The third-order valence-electron chi connectivity index (χ3n) is 6.93. The van der Waals surface area contributed by atoms with Crippen LogP contribution in [0.25, 0.3) is 0 Å². The lowest BCUT2D eigenvalue weighted by molar-refractivity contribution is -0.133. The Morgan fingerprint density at radius 1 is 1.00 bits per heavy atom. The first-order valence-corrected chi connectivity index (χ1v) is 15.8. The van der Waals surface area contributed by atoms with Crippen molar-refractivity contribution in [2.75, 3.05) is 18.8 Å². The van der Waals surface area contributed by atoms with Crippen molar-refractivity contribution >= 4 is 15.9 Å². The third kappa shape index (κ3) is 12.0. The fraction of sp³-hybridized carbons (Fsp3) is 0.567. The standard InChI is InChI=1S/C30H45F2N3O4S/c1-4-8-23(9-5-2)21-40(38,39)34-13-12-30(37)35(19-24-11-7-10-22(6-3)14-24)20-29(36)28(33)17-25-15-26(31)18-27(32)16-25/h7,10-11,14-16,18,23,28-29,34,36H,4-6,8-9,12-13,17,19-21,33H2,1-3H3/t28-,29+/m0/s1. The predicted molar refractivity (Wildman–Crippen MR) is 155 cm³/mol. The van der Waals surface area contributed by atoms with Crippen LogP contribution in [0.1, 0.15) is 69.6 Å². The van der Waals surface area contributed by atoms with Crippen LogP contribution in [0.15, 0.2) is 42.5 Å². The van der Waals surface area contributed by atoms with Crippen molar-refractivity contribution in [1.29, 1.82) is 0 Å². The van der Waals surface area contributed by atoms with Crippen LogP contribution in [0.3, 0.4) is 0 Å². The van der Waals surface area contributed by atoms with Crippen molar-refractivity contribution in [1.82, 2.24) is 9.62 Å². The number of nitrogens with zero attached hydrogens (tertiary/aromatic N) is 1. The topological polar surface area (TPSA) is 113 Å². The molecule has 10 heteroatoms. The minimum absolute atomic E-state index is 0.0136. The Hall–Kier alpha value is -2.40. The van der Waals surface area contributed by atoms with Gasteiger partial charge in [-0.1, -0.05) is 57.9 Å². The van der Waals surface area contributed by atoms with Crippen molar-refractivity contribution in [2.45, 2.75) is 84.4 Å². The van der Waals surface area contributed by atoms with Crippen molar-refractivity contribution < 1.29 is 27.1 Å². The number of sulfonamides is 1. The number of nitrogens with two attached hydrogens (primary N) is 1. The Morgan fingerprint density at radius 3 is 2.23 bits per heavy atom. The minimum Gasteiger partial charge on any atom is -0.390 e. The monoisotopic (exact) mass is 581 g/mol. The Morgan fingerprint density at radius 2 is 1.62 bits per heavy atom. The molecule has 0 aliphatic rings. The van der Waals surface area contributed by atoms with Crippen LogP contribution in [-0.4, -0.2) is 55.3 Å². The van der Waals surface area contributed by atoms with Crippen molar-refractivity contribution in [3.05, 3.63) is 70.8 Å². The molecule has 40 heavy (non-hydrogen) atoms. The number of aryl methyl sites for hydroxylation is 1. The van der Waals surface area contributed by atoms with Crippen LogP contribution in [0.5, 0.6) is 0 Å². The average molecular weight is 582 g/mol. The Bertz CT molecular complexity index is 1150. The summed E-state index contributed by atoms with van der Waals surface area (Å²) in [6.45, 7) is 6.12. The number of hydrogen-bond acceptors (Lipinski definition) is 5. The van der Waals surface area contributed by atoms with E-state index in [0.29, 0.717) is 5.56 Å². The van der Waals surface area contributed by atoms with Gasteiger partial charge < -0.3 is 15.7 Å². The lowest BCUT2D eigenvalue weighted by Crippen LogP contribution is -2.46. The minimum atomic E-state index is -3.54. The highest BCUT2D eigenvalue weighted by Gasteiger charge is 2.24. The summed E-state index contributed by atoms with van der Waals surface area (Å²) >= 11 is 0. The molecule has 0 heterocycles. The molecule has 2 atom stereocenters. The first kappa shape index (κ1) is 33.8. The van der Waals surface area contributed by atoms with Crippen LogP contribution in [0, 0.1) is 17.6 Å². The van der Waals surface area contributed by atoms with E-state index in [-0.39, 0.29) is 50.1 Å². The average Bonchev–Trinajstić information content (AvgIpc) is 2.87. The number of hydrogen-bond donors (Lipinski definition) is 3. The molecule has 0 spiro atoms. The first-order valence-electron chi connectivity index (χ1n) is 14.2. The number of halogens is 2. The maximum atomic E-state index is 13.6. The Labute approximate surface area is 238 Å². The summed E-state index contributed by atoms with van der Waals surface area (Å²) in [5.41, 5.74) is 8.43. The zero-order valence-corrected chi connectivity index (χ0v) is 24.7. The molecule has 0 aliphatic carbocycles. The number of carbonyl (C=O) groups excluding carboxylic acids is 1. The molecule has 0 radical (unpaired) electrons. The van der Waals surface area contributed by atoms with Crippen LogP contribution in [-0.2, 0) is 34.2 Å². The molecule has 0 aromatic heterocycles. The molecule has 2 aromatic rings. The zero-order valence-electron chi connectivity index (χ0n) is 23.9. The molecule has 0 aliphatic heterocycles. The van der Waals surface area contributed by atoms with E-state index < -0.39 is 33.8 Å². The van der Waals surface area contributed by atoms with Gasteiger partial charge in [0.2, 0.25) is 15.9 Å². The zero-order chi connectivity index (χ0) is 29.7. The fourth-order valence-corrected chi connectivity index (χ4v) is 6.37. The molecule has 0 saturated carbocycles. The SMILES string of the molecule is CCCC(CCC)CS(=O)(=O)NCCC(=O)N(Cc1cccc(CC)c1)C[C@@H](O)[C@@H](N)Cc1cc(F)cc(F)c1. The highest BCUT2D eigenvalue weighted by Crippen LogP contribution is 2.16. The van der Waals surface area contributed by atoms with Crippen molar-refractivity contribution in [2.24, 2.45) is 11.7 Å². The van der Waals surface area contributed by atoms with Crippen LogP contribution >= 0.6 is 0 Å². The largest absolute Gasteiger partial charge is 0.390 e. The summed E-state index contributed by atoms with van der Waals surface area (Å²) in [6.07, 6.45) is 3.05. The number of carbonyl (C=O) groups is 1. The second kappa shape index (κ2) is 16.8. The molecule has 7 nitrogen and oxygen atoms in total. The quantitative estimate of drug-likeness (QED) is 0.243. The summed E-state index contributed by atoms with van der Waals surface area (Å²) < 4.78 is 55.1. The van der Waals surface area contributed by atoms with Gasteiger partial charge in [0, 0.05) is 38.2 Å². The maximum Gasteiger partial charge on any atom is 0.224 e. The molecule has 224 valence electrons. The second-order valence-electron chi connectivity index (χ2n) is 10.5. The van der Waals surface area contributed by atoms with E-state index in [2.05, 4.69) is 4.72 Å². The Kier molecular flexibility index (Phi) is 14.2. The molecule has 4 N–H and O–H groups in total. The van der Waals surface area contributed by atoms with Crippen LogP contribution in [0.4, 0.5) is 8.78 Å². The van der Waals surface area contributed by atoms with Gasteiger partial charge in [0.15, 0.2) is 0 Å². The van der Waals surface area contributed by atoms with E-state index in [1.54, 1.807) is 0 Å². The summed E-state index contributed by atoms with van der Waals surface area (Å²) in [6, 6.07) is 9.94. The number of rotatable bonds is 18. The van der Waals surface area contributed by atoms with Gasteiger partial charge >= 0.3 is 0 Å². The van der Waals surface area contributed by atoms with E-state index in [1.165, 1.54) is 4.90 Å². The number of aliphatic hydroxyl groups is 1. The molecular weight excluding hydrogens is 536 g/mol. The third-order valence-corrected chi connectivity index (χ3v) is 8.49. The Balaban J connectivity index is 2.09. The van der Waals surface area contributed by atoms with Crippen LogP contribution < -0.4 is 10.5 Å². The number of nitrogens with one attached hydrogen (secondary N) is 1. The number of benzene rings is 2. The van der Waals surface area contributed by atoms with E-state index in [4.69, 9.17) is 5.73 Å². The van der Waals surface area contributed by atoms with E-state index in [9.17, 15) is 27.1 Å². The smallest absolute Gasteiger partial charge is 0.224 e. The fourth-order valence-electron chi connectivity index (χ4n) is 4.89. The number of amides is 1. The van der Waals surface area contributed by atoms with Gasteiger partial charge in [0.05, 0.1) is 11.9 Å². The highest BCUT2D eigenvalue weighted by molar-refractivity contribution is 7.89. The molecule has 0 unspecified atom stereocenters. The molecular formula is C30H45F2N3O4S. The normalized spacial score (nSPS) is 13.4. The van der Waals surface area contributed by atoms with Crippen LogP contribution in [0.2, 0.25) is 0 Å². The highest BCUT2D eigenvalue weighted by atomic mass is 32.2. The molecule has 0 fully saturated rings. The number of aliphatic hydroxyl groups excluding tert-OH is 1. The van der Waals surface area contributed by atoms with Gasteiger partial charge in [-0.25, -0.2) is 21.9 Å². The van der Waals surface area contributed by atoms with Gasteiger partial charge in [-0.3, -0.25) is 4.79 Å². The van der Waals surface area contributed by atoms with E-state index in [1.807, 2.05) is 45.0 Å². The predicted octanol–water partition coefficient (Wildman–Crippen LogP) is 4.31. The van der Waals surface area contributed by atoms with Gasteiger partial charge in [-0.05, 0) is 60.4 Å². The van der Waals surface area contributed by atoms with E-state index in [0.717, 1.165) is 61.4 Å². The van der Waals surface area contributed by atoms with Gasteiger partial charge in [0.1, 0.15) is 11.6 Å². The van der Waals surface area contributed by atoms with Crippen molar-refractivity contribution in [3.8, 4) is 0 Å². The van der Waals surface area contributed by atoms with Gasteiger partial charge in [0.25, 0.3) is 0 Å². The second-order valence-corrected chi connectivity index (χ2v) is 12.4. The lowest BCUT2D eigenvalue weighted by Gasteiger charge is -2.28. The summed E-state index contributed by atoms with van der Waals surface area (Å²) in [5.74, 6) is -1.70. The lowest BCUT2D eigenvalue weighted by atomic mass is 10.0. The molecule has 2 rings (SSSR count). The van der Waals surface area contributed by atoms with Gasteiger partial charge in [-0.2, -0.15) is 0 Å². The first-order chi connectivity index (χ1) is 19.0.